The highest BCUT2D eigenvalue weighted by molar-refractivity contribution is 6.44. The summed E-state index contributed by atoms with van der Waals surface area (Å²) >= 11 is 17.3. The predicted octanol–water partition coefficient (Wildman–Crippen LogP) is 3.27. The Kier molecular flexibility index (Phi) is 4.09. The molecule has 0 fully saturated rings. The van der Waals surface area contributed by atoms with Crippen LogP contribution in [0.4, 0.5) is 11.5 Å². The second-order valence-electron chi connectivity index (χ2n) is 3.53. The highest BCUT2D eigenvalue weighted by atomic mass is 35.5. The van der Waals surface area contributed by atoms with Crippen molar-refractivity contribution in [2.45, 2.75) is 0 Å². The SMILES string of the molecule is Nc1cc(C(=O)Nc2ccnc(Cl)n2)cc(Cl)c1Cl. The molecule has 8 heteroatoms. The normalized spacial score (nSPS) is 10.3. The number of nitrogens with one attached hydrogen (secondary N) is 1. The van der Waals surface area contributed by atoms with E-state index in [0.717, 1.165) is 0 Å². The van der Waals surface area contributed by atoms with Gasteiger partial charge in [0.25, 0.3) is 5.91 Å². The molecule has 0 aliphatic rings. The lowest BCUT2D eigenvalue weighted by Crippen LogP contribution is -2.13. The molecule has 2 rings (SSSR count). The zero-order chi connectivity index (χ0) is 14.0. The Bertz CT molecular complexity index is 625. The van der Waals surface area contributed by atoms with Gasteiger partial charge in [0.2, 0.25) is 5.28 Å². The van der Waals surface area contributed by atoms with Gasteiger partial charge in [-0.1, -0.05) is 23.2 Å². The highest BCUT2D eigenvalue weighted by Gasteiger charge is 2.12. The molecule has 19 heavy (non-hydrogen) atoms. The van der Waals surface area contributed by atoms with Gasteiger partial charge in [0, 0.05) is 11.8 Å². The number of aromatic nitrogens is 2. The molecule has 2 aromatic rings. The fourth-order valence-electron chi connectivity index (χ4n) is 1.33. The molecule has 1 heterocycles. The third kappa shape index (κ3) is 3.26. The minimum absolute atomic E-state index is 0.0338. The first kappa shape index (κ1) is 13.9. The van der Waals surface area contributed by atoms with Gasteiger partial charge in [0.1, 0.15) is 5.82 Å². The quantitative estimate of drug-likeness (QED) is 0.658. The Morgan fingerprint density at radius 2 is 2.00 bits per heavy atom. The summed E-state index contributed by atoms with van der Waals surface area (Å²) in [5.41, 5.74) is 6.12. The molecule has 1 aromatic heterocycles. The standard InChI is InChI=1S/C11H7Cl3N4O/c12-6-3-5(4-7(15)9(6)13)10(19)17-8-1-2-16-11(14)18-8/h1-4H,15H2,(H,16,17,18,19). The molecule has 0 saturated heterocycles. The number of anilines is 2. The summed E-state index contributed by atoms with van der Waals surface area (Å²) in [6.45, 7) is 0. The van der Waals surface area contributed by atoms with Crippen LogP contribution in [0, 0.1) is 0 Å². The zero-order valence-electron chi connectivity index (χ0n) is 9.32. The van der Waals surface area contributed by atoms with E-state index in [-0.39, 0.29) is 32.4 Å². The van der Waals surface area contributed by atoms with E-state index in [1.807, 2.05) is 0 Å². The van der Waals surface area contributed by atoms with Crippen molar-refractivity contribution in [3.8, 4) is 0 Å². The first-order chi connectivity index (χ1) is 8.97. The molecule has 0 radical (unpaired) electrons. The third-order valence-electron chi connectivity index (χ3n) is 2.19. The fourth-order valence-corrected chi connectivity index (χ4v) is 1.82. The number of nitrogens with zero attached hydrogens (tertiary/aromatic N) is 2. The minimum Gasteiger partial charge on any atom is -0.397 e. The molecule has 0 bridgehead atoms. The highest BCUT2D eigenvalue weighted by Crippen LogP contribution is 2.29. The maximum absolute atomic E-state index is 12.0. The average Bonchev–Trinajstić information content (AvgIpc) is 2.35. The maximum Gasteiger partial charge on any atom is 0.256 e. The number of nitrogens with two attached hydrogens (primary N) is 1. The number of rotatable bonds is 2. The van der Waals surface area contributed by atoms with Crippen molar-refractivity contribution >= 4 is 52.2 Å². The molecular weight excluding hydrogens is 311 g/mol. The number of halogens is 3. The maximum atomic E-state index is 12.0. The van der Waals surface area contributed by atoms with Gasteiger partial charge in [-0.25, -0.2) is 9.97 Å². The number of carbonyl (C=O) groups is 1. The van der Waals surface area contributed by atoms with Crippen molar-refractivity contribution in [2.75, 3.05) is 11.1 Å². The minimum atomic E-state index is -0.431. The van der Waals surface area contributed by atoms with Crippen LogP contribution in [0.5, 0.6) is 0 Å². The van der Waals surface area contributed by atoms with Crippen LogP contribution in [-0.4, -0.2) is 15.9 Å². The average molecular weight is 318 g/mol. The third-order valence-corrected chi connectivity index (χ3v) is 3.19. The summed E-state index contributed by atoms with van der Waals surface area (Å²) in [6, 6.07) is 4.34. The molecule has 0 unspecified atom stereocenters. The number of nitrogen functional groups attached to an aromatic ring is 1. The van der Waals surface area contributed by atoms with Crippen molar-refractivity contribution in [1.82, 2.24) is 9.97 Å². The molecule has 3 N–H and O–H groups in total. The van der Waals surface area contributed by atoms with Crippen molar-refractivity contribution in [3.05, 3.63) is 45.3 Å². The summed E-state index contributed by atoms with van der Waals surface area (Å²) in [5.74, 6) is -0.158. The lowest BCUT2D eigenvalue weighted by atomic mass is 10.2. The van der Waals surface area contributed by atoms with E-state index in [0.29, 0.717) is 0 Å². The molecule has 0 aliphatic heterocycles. The number of amides is 1. The van der Waals surface area contributed by atoms with Crippen LogP contribution >= 0.6 is 34.8 Å². The fraction of sp³-hybridized carbons (Fsp3) is 0. The van der Waals surface area contributed by atoms with E-state index >= 15 is 0 Å². The number of hydrogen-bond donors (Lipinski definition) is 2. The molecule has 0 atom stereocenters. The number of benzene rings is 1. The van der Waals surface area contributed by atoms with Gasteiger partial charge in [0.05, 0.1) is 15.7 Å². The summed E-state index contributed by atoms with van der Waals surface area (Å²) in [5, 5.41) is 2.99. The van der Waals surface area contributed by atoms with Gasteiger partial charge in [0.15, 0.2) is 0 Å². The van der Waals surface area contributed by atoms with Gasteiger partial charge in [-0.2, -0.15) is 0 Å². The van der Waals surface area contributed by atoms with Crippen LogP contribution in [0.2, 0.25) is 15.3 Å². The molecule has 1 aromatic carbocycles. The van der Waals surface area contributed by atoms with E-state index in [1.165, 1.54) is 24.4 Å². The second kappa shape index (κ2) is 5.61. The van der Waals surface area contributed by atoms with Crippen LogP contribution in [0.1, 0.15) is 10.4 Å². The Labute approximate surface area is 123 Å². The Balaban J connectivity index is 2.25. The molecule has 1 amide bonds. The first-order valence-electron chi connectivity index (χ1n) is 5.02. The van der Waals surface area contributed by atoms with Crippen LogP contribution in [0.15, 0.2) is 24.4 Å². The van der Waals surface area contributed by atoms with Crippen molar-refractivity contribution < 1.29 is 4.79 Å². The van der Waals surface area contributed by atoms with E-state index in [4.69, 9.17) is 40.5 Å². The zero-order valence-corrected chi connectivity index (χ0v) is 11.6. The first-order valence-corrected chi connectivity index (χ1v) is 6.15. The van der Waals surface area contributed by atoms with E-state index in [1.54, 1.807) is 0 Å². The van der Waals surface area contributed by atoms with E-state index in [9.17, 15) is 4.79 Å². The Hall–Kier alpha value is -1.56. The molecule has 0 aliphatic carbocycles. The van der Waals surface area contributed by atoms with Crippen molar-refractivity contribution in [3.63, 3.8) is 0 Å². The van der Waals surface area contributed by atoms with E-state index in [2.05, 4.69) is 15.3 Å². The van der Waals surface area contributed by atoms with Crippen molar-refractivity contribution in [1.29, 1.82) is 0 Å². The monoisotopic (exact) mass is 316 g/mol. The number of hydrogen-bond acceptors (Lipinski definition) is 4. The predicted molar refractivity (Wildman–Crippen MR) is 75.9 cm³/mol. The van der Waals surface area contributed by atoms with Gasteiger partial charge >= 0.3 is 0 Å². The van der Waals surface area contributed by atoms with Crippen LogP contribution in [0.3, 0.4) is 0 Å². The van der Waals surface area contributed by atoms with Crippen molar-refractivity contribution in [2.24, 2.45) is 0 Å². The Morgan fingerprint density at radius 1 is 1.26 bits per heavy atom. The summed E-state index contributed by atoms with van der Waals surface area (Å²) in [7, 11) is 0. The second-order valence-corrected chi connectivity index (χ2v) is 4.65. The largest absolute Gasteiger partial charge is 0.397 e. The molecular formula is C11H7Cl3N4O. The van der Waals surface area contributed by atoms with Gasteiger partial charge in [-0.05, 0) is 29.8 Å². The topological polar surface area (TPSA) is 80.9 Å². The Morgan fingerprint density at radius 3 is 2.63 bits per heavy atom. The van der Waals surface area contributed by atoms with Gasteiger partial charge in [-0.15, -0.1) is 0 Å². The number of carbonyl (C=O) groups excluding carboxylic acids is 1. The van der Waals surface area contributed by atoms with Crippen LogP contribution in [0.25, 0.3) is 0 Å². The van der Waals surface area contributed by atoms with Gasteiger partial charge in [-0.3, -0.25) is 4.79 Å². The lowest BCUT2D eigenvalue weighted by molar-refractivity contribution is 0.102. The molecule has 0 spiro atoms. The molecule has 98 valence electrons. The van der Waals surface area contributed by atoms with E-state index < -0.39 is 5.91 Å². The lowest BCUT2D eigenvalue weighted by Gasteiger charge is -2.07. The summed E-state index contributed by atoms with van der Waals surface area (Å²) < 4.78 is 0. The molecule has 0 saturated carbocycles. The summed E-state index contributed by atoms with van der Waals surface area (Å²) in [6.07, 6.45) is 1.42. The summed E-state index contributed by atoms with van der Waals surface area (Å²) in [4.78, 5) is 19.5. The van der Waals surface area contributed by atoms with Crippen LogP contribution in [-0.2, 0) is 0 Å². The van der Waals surface area contributed by atoms with Crippen LogP contribution < -0.4 is 11.1 Å². The molecule has 5 nitrogen and oxygen atoms in total. The van der Waals surface area contributed by atoms with Gasteiger partial charge < -0.3 is 11.1 Å². The smallest absolute Gasteiger partial charge is 0.256 e.